The Hall–Kier alpha value is -2.10. The summed E-state index contributed by atoms with van der Waals surface area (Å²) in [4.78, 5) is 23.7. The van der Waals surface area contributed by atoms with Gasteiger partial charge in [0.25, 0.3) is 10.9 Å². The number of rotatable bonds is 6. The second-order valence-electron chi connectivity index (χ2n) is 7.00. The van der Waals surface area contributed by atoms with Gasteiger partial charge >= 0.3 is 0 Å². The van der Waals surface area contributed by atoms with Crippen LogP contribution in [0.2, 0.25) is 0 Å². The Morgan fingerprint density at radius 2 is 1.48 bits per heavy atom. The predicted molar refractivity (Wildman–Crippen MR) is 97.3 cm³/mol. The molecule has 0 unspecified atom stereocenters. The molecular weight excluding hydrogens is 288 g/mol. The summed E-state index contributed by atoms with van der Waals surface area (Å²) < 4.78 is 0. The molecule has 0 atom stereocenters. The second kappa shape index (κ2) is 6.19. The van der Waals surface area contributed by atoms with Crippen LogP contribution in [-0.4, -0.2) is 5.54 Å². The smallest absolute Gasteiger partial charge is 0.253 e. The average Bonchev–Trinajstić information content (AvgIpc) is 2.47. The highest BCUT2D eigenvalue weighted by Gasteiger charge is 2.25. The summed E-state index contributed by atoms with van der Waals surface area (Å²) in [5.41, 5.74) is 4.55. The van der Waals surface area contributed by atoms with Gasteiger partial charge in [-0.1, -0.05) is 24.6 Å². The SMILES string of the molecule is CCC(C)(C)Nc1c(NCc2c(C)cc(C)cc2C)c(=O)c1=O. The van der Waals surface area contributed by atoms with Gasteiger partial charge in [-0.2, -0.15) is 0 Å². The largest absolute Gasteiger partial charge is 0.376 e. The van der Waals surface area contributed by atoms with Crippen molar-refractivity contribution >= 4 is 11.4 Å². The van der Waals surface area contributed by atoms with Crippen molar-refractivity contribution in [3.63, 3.8) is 0 Å². The first-order valence-corrected chi connectivity index (χ1v) is 8.08. The van der Waals surface area contributed by atoms with E-state index in [4.69, 9.17) is 0 Å². The third kappa shape index (κ3) is 3.46. The van der Waals surface area contributed by atoms with Gasteiger partial charge in [-0.15, -0.1) is 0 Å². The molecule has 0 aliphatic rings. The summed E-state index contributed by atoms with van der Waals surface area (Å²) in [6, 6.07) is 4.26. The number of hydrogen-bond donors (Lipinski definition) is 2. The van der Waals surface area contributed by atoms with E-state index in [-0.39, 0.29) is 5.54 Å². The Kier molecular flexibility index (Phi) is 4.64. The summed E-state index contributed by atoms with van der Waals surface area (Å²) in [6.07, 6.45) is 0.863. The van der Waals surface area contributed by atoms with Crippen LogP contribution >= 0.6 is 0 Å². The minimum absolute atomic E-state index is 0.214. The maximum atomic E-state index is 11.9. The fraction of sp³-hybridized carbons (Fsp3) is 0.474. The van der Waals surface area contributed by atoms with E-state index in [1.54, 1.807) is 0 Å². The zero-order valence-electron chi connectivity index (χ0n) is 14.9. The summed E-state index contributed by atoms with van der Waals surface area (Å²) in [7, 11) is 0. The highest BCUT2D eigenvalue weighted by atomic mass is 16.2. The lowest BCUT2D eigenvalue weighted by molar-refractivity contribution is 0.546. The number of benzene rings is 1. The molecule has 0 saturated carbocycles. The molecule has 0 fully saturated rings. The van der Waals surface area contributed by atoms with Crippen molar-refractivity contribution in [3.05, 3.63) is 54.8 Å². The zero-order chi connectivity index (χ0) is 17.4. The molecule has 4 nitrogen and oxygen atoms in total. The lowest BCUT2D eigenvalue weighted by Gasteiger charge is -2.28. The van der Waals surface area contributed by atoms with Crippen LogP contribution < -0.4 is 21.5 Å². The van der Waals surface area contributed by atoms with Crippen molar-refractivity contribution in [1.82, 2.24) is 0 Å². The molecule has 2 aromatic carbocycles. The van der Waals surface area contributed by atoms with Gasteiger partial charge in [-0.25, -0.2) is 0 Å². The van der Waals surface area contributed by atoms with Crippen LogP contribution in [0.15, 0.2) is 21.7 Å². The third-order valence-corrected chi connectivity index (χ3v) is 4.54. The molecule has 23 heavy (non-hydrogen) atoms. The van der Waals surface area contributed by atoms with Crippen molar-refractivity contribution in [3.8, 4) is 0 Å². The van der Waals surface area contributed by atoms with Crippen LogP contribution in [0.4, 0.5) is 11.4 Å². The van der Waals surface area contributed by atoms with Crippen molar-refractivity contribution in [2.75, 3.05) is 10.6 Å². The van der Waals surface area contributed by atoms with Crippen LogP contribution in [0, 0.1) is 20.8 Å². The molecular formula is C19H26N2O2. The van der Waals surface area contributed by atoms with Crippen molar-refractivity contribution in [2.45, 2.75) is 60.0 Å². The fourth-order valence-electron chi connectivity index (χ4n) is 2.77. The Morgan fingerprint density at radius 1 is 0.957 bits per heavy atom. The lowest BCUT2D eigenvalue weighted by atomic mass is 9.98. The molecule has 0 aliphatic carbocycles. The Bertz CT molecular complexity index is 773. The number of anilines is 2. The number of hydrogen-bond acceptors (Lipinski definition) is 4. The minimum atomic E-state index is -0.429. The first-order chi connectivity index (χ1) is 10.7. The van der Waals surface area contributed by atoms with Gasteiger partial charge in [0.1, 0.15) is 11.4 Å². The molecule has 2 rings (SSSR count). The highest BCUT2D eigenvalue weighted by molar-refractivity contribution is 5.74. The van der Waals surface area contributed by atoms with Gasteiger partial charge in [0.15, 0.2) is 0 Å². The number of aryl methyl sites for hydroxylation is 3. The quantitative estimate of drug-likeness (QED) is 0.802. The van der Waals surface area contributed by atoms with Crippen molar-refractivity contribution < 1.29 is 0 Å². The maximum Gasteiger partial charge on any atom is 0.253 e. The van der Waals surface area contributed by atoms with Crippen molar-refractivity contribution in [2.24, 2.45) is 0 Å². The summed E-state index contributed by atoms with van der Waals surface area (Å²) in [5.74, 6) is 0. The predicted octanol–water partition coefficient (Wildman–Crippen LogP) is 3.42. The monoisotopic (exact) mass is 314 g/mol. The molecule has 0 saturated heterocycles. The number of nitrogens with one attached hydrogen (secondary N) is 2. The molecule has 4 heteroatoms. The van der Waals surface area contributed by atoms with E-state index in [9.17, 15) is 9.59 Å². The van der Waals surface area contributed by atoms with E-state index in [0.717, 1.165) is 6.42 Å². The average molecular weight is 314 g/mol. The van der Waals surface area contributed by atoms with Gasteiger partial charge in [-0.3, -0.25) is 9.59 Å². The van der Waals surface area contributed by atoms with Crippen LogP contribution in [-0.2, 0) is 6.54 Å². The van der Waals surface area contributed by atoms with E-state index in [2.05, 4.69) is 43.5 Å². The van der Waals surface area contributed by atoms with Crippen LogP contribution in [0.5, 0.6) is 0 Å². The Balaban J connectivity index is 2.22. The molecule has 0 spiro atoms. The topological polar surface area (TPSA) is 58.2 Å². The fourth-order valence-corrected chi connectivity index (χ4v) is 2.77. The van der Waals surface area contributed by atoms with Crippen LogP contribution in [0.3, 0.4) is 0 Å². The Morgan fingerprint density at radius 3 is 2.00 bits per heavy atom. The maximum absolute atomic E-state index is 11.9. The molecule has 2 aromatic rings. The third-order valence-electron chi connectivity index (χ3n) is 4.54. The lowest BCUT2D eigenvalue weighted by Crippen LogP contribution is -2.42. The second-order valence-corrected chi connectivity index (χ2v) is 7.00. The van der Waals surface area contributed by atoms with Crippen molar-refractivity contribution in [1.29, 1.82) is 0 Å². The summed E-state index contributed by atoms with van der Waals surface area (Å²) in [6.45, 7) is 12.8. The van der Waals surface area contributed by atoms with E-state index >= 15 is 0 Å². The summed E-state index contributed by atoms with van der Waals surface area (Å²) in [5, 5.41) is 6.35. The summed E-state index contributed by atoms with van der Waals surface area (Å²) >= 11 is 0. The molecule has 2 N–H and O–H groups in total. The van der Waals surface area contributed by atoms with E-state index in [1.165, 1.54) is 22.3 Å². The van der Waals surface area contributed by atoms with E-state index < -0.39 is 10.9 Å². The molecule has 0 aromatic heterocycles. The normalized spacial score (nSPS) is 11.7. The highest BCUT2D eigenvalue weighted by Crippen LogP contribution is 2.23. The van der Waals surface area contributed by atoms with Crippen LogP contribution in [0.25, 0.3) is 0 Å². The molecule has 0 aliphatic heterocycles. The minimum Gasteiger partial charge on any atom is -0.376 e. The standard InChI is InChI=1S/C19H26N2O2/c1-7-19(5,6)21-16-15(17(22)18(16)23)20-10-14-12(3)8-11(2)9-13(14)4/h8-9,20-21H,7,10H2,1-6H3. The van der Waals surface area contributed by atoms with E-state index in [1.807, 2.05) is 20.8 Å². The molecule has 0 amide bonds. The molecule has 0 bridgehead atoms. The first kappa shape index (κ1) is 17.3. The van der Waals surface area contributed by atoms with Gasteiger partial charge in [0, 0.05) is 12.1 Å². The van der Waals surface area contributed by atoms with E-state index in [0.29, 0.717) is 17.9 Å². The van der Waals surface area contributed by atoms with Gasteiger partial charge in [0.05, 0.1) is 0 Å². The first-order valence-electron chi connectivity index (χ1n) is 8.08. The van der Waals surface area contributed by atoms with Gasteiger partial charge in [-0.05, 0) is 57.7 Å². The molecule has 124 valence electrons. The van der Waals surface area contributed by atoms with Gasteiger partial charge < -0.3 is 10.6 Å². The molecule has 0 radical (unpaired) electrons. The van der Waals surface area contributed by atoms with Crippen LogP contribution in [0.1, 0.15) is 49.4 Å². The molecule has 0 heterocycles. The Labute approximate surface area is 137 Å². The zero-order valence-corrected chi connectivity index (χ0v) is 14.9. The van der Waals surface area contributed by atoms with Gasteiger partial charge in [0.2, 0.25) is 0 Å².